The van der Waals surface area contributed by atoms with Gasteiger partial charge in [-0.1, -0.05) is 58.5 Å². The lowest BCUT2D eigenvalue weighted by Crippen LogP contribution is -2.37. The van der Waals surface area contributed by atoms with Crippen LogP contribution in [-0.2, 0) is 33.8 Å². The van der Waals surface area contributed by atoms with E-state index in [9.17, 15) is 0 Å². The van der Waals surface area contributed by atoms with Crippen LogP contribution < -0.4 is 0 Å². The third-order valence-electron chi connectivity index (χ3n) is 5.26. The number of ether oxygens (including phenoxy) is 3. The van der Waals surface area contributed by atoms with Gasteiger partial charge in [-0.2, -0.15) is 0 Å². The molecule has 3 aromatic rings. The van der Waals surface area contributed by atoms with Crippen molar-refractivity contribution in [3.63, 3.8) is 0 Å². The molecule has 0 radical (unpaired) electrons. The van der Waals surface area contributed by atoms with E-state index >= 15 is 0 Å². The zero-order chi connectivity index (χ0) is 22.6. The summed E-state index contributed by atoms with van der Waals surface area (Å²) < 4.78 is 20.4. The Hall–Kier alpha value is -1.31. The van der Waals surface area contributed by atoms with Gasteiger partial charge in [0.1, 0.15) is 6.10 Å². The highest BCUT2D eigenvalue weighted by atomic mass is 35.5. The van der Waals surface area contributed by atoms with E-state index in [0.29, 0.717) is 51.8 Å². The van der Waals surface area contributed by atoms with Gasteiger partial charge in [0.15, 0.2) is 5.79 Å². The molecule has 0 N–H and O–H groups in total. The summed E-state index contributed by atoms with van der Waals surface area (Å²) in [6.45, 7) is 1.57. The monoisotopic (exact) mass is 514 g/mol. The Bertz CT molecular complexity index is 1010. The number of imidazole rings is 1. The number of benzene rings is 2. The molecule has 9 heteroatoms. The van der Waals surface area contributed by atoms with E-state index in [2.05, 4.69) is 4.98 Å². The van der Waals surface area contributed by atoms with Gasteiger partial charge in [0.25, 0.3) is 0 Å². The summed E-state index contributed by atoms with van der Waals surface area (Å²) >= 11 is 24.5. The summed E-state index contributed by atoms with van der Waals surface area (Å²) in [6.07, 6.45) is 6.64. The van der Waals surface area contributed by atoms with Gasteiger partial charge in [-0.3, -0.25) is 0 Å². The lowest BCUT2D eigenvalue weighted by atomic mass is 10.0. The highest BCUT2D eigenvalue weighted by Crippen LogP contribution is 2.32. The fourth-order valence-electron chi connectivity index (χ4n) is 3.64. The quantitative estimate of drug-likeness (QED) is 0.328. The first kappa shape index (κ1) is 23.8. The summed E-state index contributed by atoms with van der Waals surface area (Å²) in [7, 11) is 0. The molecule has 2 aromatic carbocycles. The second-order valence-electron chi connectivity index (χ2n) is 7.69. The van der Waals surface area contributed by atoms with Crippen molar-refractivity contribution >= 4 is 46.4 Å². The Morgan fingerprint density at radius 2 is 1.81 bits per heavy atom. The minimum Gasteiger partial charge on any atom is -0.374 e. The van der Waals surface area contributed by atoms with Crippen molar-refractivity contribution in [1.82, 2.24) is 9.55 Å². The zero-order valence-electron chi connectivity index (χ0n) is 17.1. The molecule has 1 fully saturated rings. The van der Waals surface area contributed by atoms with E-state index in [1.54, 1.807) is 24.7 Å². The highest BCUT2D eigenvalue weighted by molar-refractivity contribution is 6.39. The van der Waals surface area contributed by atoms with Crippen LogP contribution in [-0.4, -0.2) is 34.7 Å². The van der Waals surface area contributed by atoms with Crippen LogP contribution in [0.2, 0.25) is 20.1 Å². The maximum Gasteiger partial charge on any atom is 0.187 e. The molecule has 170 valence electrons. The molecule has 32 heavy (non-hydrogen) atoms. The Morgan fingerprint density at radius 1 is 1.06 bits per heavy atom. The predicted molar refractivity (Wildman–Crippen MR) is 127 cm³/mol. The second kappa shape index (κ2) is 10.7. The lowest BCUT2D eigenvalue weighted by Gasteiger charge is -2.28. The van der Waals surface area contributed by atoms with E-state index in [4.69, 9.17) is 60.6 Å². The highest BCUT2D eigenvalue weighted by Gasteiger charge is 2.41. The van der Waals surface area contributed by atoms with Crippen molar-refractivity contribution in [3.8, 4) is 0 Å². The summed E-state index contributed by atoms with van der Waals surface area (Å²) in [4.78, 5) is 4.13. The molecule has 2 heterocycles. The van der Waals surface area contributed by atoms with Gasteiger partial charge < -0.3 is 18.8 Å². The number of halogens is 4. The molecule has 2 atom stereocenters. The summed E-state index contributed by atoms with van der Waals surface area (Å²) in [5.74, 6) is -0.774. The van der Waals surface area contributed by atoms with Gasteiger partial charge in [-0.25, -0.2) is 4.98 Å². The van der Waals surface area contributed by atoms with Gasteiger partial charge in [0.05, 0.1) is 32.7 Å². The van der Waals surface area contributed by atoms with Gasteiger partial charge in [0.2, 0.25) is 0 Å². The van der Waals surface area contributed by atoms with Crippen LogP contribution >= 0.6 is 46.4 Å². The van der Waals surface area contributed by atoms with E-state index in [1.807, 2.05) is 35.0 Å². The fraction of sp³-hybridized carbons (Fsp3) is 0.348. The molecule has 0 spiro atoms. The van der Waals surface area contributed by atoms with Gasteiger partial charge in [-0.15, -0.1) is 0 Å². The van der Waals surface area contributed by atoms with Crippen molar-refractivity contribution in [2.45, 2.75) is 37.9 Å². The van der Waals surface area contributed by atoms with Crippen molar-refractivity contribution in [2.24, 2.45) is 0 Å². The standard InChI is InChI=1S/C23H22Cl4N2O3/c24-17-3-1-16(2-4-17)5-6-23(14-29-8-7-28-15-29)31-12-19(32-23)11-30-13-20-21(26)9-18(25)10-22(20)27/h1-4,7-10,15,19H,5-6,11-14H2. The maximum absolute atomic E-state index is 6.38. The SMILES string of the molecule is Clc1ccc(CCC2(Cn3ccnc3)OCC(COCc3c(Cl)cc(Cl)cc3Cl)O2)cc1. The molecule has 2 unspecified atom stereocenters. The molecule has 1 aliphatic rings. The number of aryl methyl sites for hydroxylation is 1. The fourth-order valence-corrected chi connectivity index (χ4v) is 4.69. The number of aromatic nitrogens is 2. The molecule has 0 bridgehead atoms. The molecule has 1 saturated heterocycles. The Morgan fingerprint density at radius 3 is 2.50 bits per heavy atom. The van der Waals surface area contributed by atoms with Gasteiger partial charge >= 0.3 is 0 Å². The lowest BCUT2D eigenvalue weighted by molar-refractivity contribution is -0.187. The molecule has 5 nitrogen and oxygen atoms in total. The van der Waals surface area contributed by atoms with Gasteiger partial charge in [-0.05, 0) is 36.2 Å². The largest absolute Gasteiger partial charge is 0.374 e. The van der Waals surface area contributed by atoms with Crippen LogP contribution in [0.3, 0.4) is 0 Å². The molecular weight excluding hydrogens is 494 g/mol. The minimum absolute atomic E-state index is 0.214. The smallest absolute Gasteiger partial charge is 0.187 e. The molecular formula is C23H22Cl4N2O3. The Kier molecular flexibility index (Phi) is 8.00. The van der Waals surface area contributed by atoms with Crippen LogP contribution in [0.4, 0.5) is 0 Å². The Labute approximate surface area is 207 Å². The van der Waals surface area contributed by atoms with Crippen molar-refractivity contribution in [1.29, 1.82) is 0 Å². The van der Waals surface area contributed by atoms with E-state index in [0.717, 1.165) is 6.42 Å². The van der Waals surface area contributed by atoms with E-state index < -0.39 is 5.79 Å². The summed E-state index contributed by atoms with van der Waals surface area (Å²) in [5.41, 5.74) is 1.86. The van der Waals surface area contributed by atoms with E-state index in [1.165, 1.54) is 5.56 Å². The average Bonchev–Trinajstić information content (AvgIpc) is 3.40. The van der Waals surface area contributed by atoms with Crippen molar-refractivity contribution < 1.29 is 14.2 Å². The average molecular weight is 516 g/mol. The van der Waals surface area contributed by atoms with Crippen LogP contribution in [0.1, 0.15) is 17.5 Å². The first-order chi connectivity index (χ1) is 15.4. The third-order valence-corrected chi connectivity index (χ3v) is 6.40. The molecule has 0 aliphatic carbocycles. The summed E-state index contributed by atoms with van der Waals surface area (Å²) in [5, 5.41) is 2.15. The Balaban J connectivity index is 1.37. The first-order valence-corrected chi connectivity index (χ1v) is 11.7. The van der Waals surface area contributed by atoms with Crippen molar-refractivity contribution in [3.05, 3.63) is 86.3 Å². The topological polar surface area (TPSA) is 45.5 Å². The normalized spacial score (nSPS) is 20.7. The van der Waals surface area contributed by atoms with Crippen LogP contribution in [0.15, 0.2) is 55.1 Å². The molecule has 1 aromatic heterocycles. The number of rotatable bonds is 9. The van der Waals surface area contributed by atoms with Crippen LogP contribution in [0.5, 0.6) is 0 Å². The maximum atomic E-state index is 6.38. The zero-order valence-corrected chi connectivity index (χ0v) is 20.2. The van der Waals surface area contributed by atoms with E-state index in [-0.39, 0.29) is 12.7 Å². The number of hydrogen-bond donors (Lipinski definition) is 0. The first-order valence-electron chi connectivity index (χ1n) is 10.2. The molecule has 0 saturated carbocycles. The number of hydrogen-bond acceptors (Lipinski definition) is 4. The van der Waals surface area contributed by atoms with Crippen molar-refractivity contribution in [2.75, 3.05) is 13.2 Å². The molecule has 1 aliphatic heterocycles. The molecule has 4 rings (SSSR count). The minimum atomic E-state index is -0.774. The molecule has 0 amide bonds. The number of nitrogens with zero attached hydrogens (tertiary/aromatic N) is 2. The van der Waals surface area contributed by atoms with Gasteiger partial charge in [0, 0.05) is 44.5 Å². The second-order valence-corrected chi connectivity index (χ2v) is 9.37. The third kappa shape index (κ3) is 6.17. The predicted octanol–water partition coefficient (Wildman–Crippen LogP) is 6.46. The van der Waals surface area contributed by atoms with Crippen LogP contribution in [0, 0.1) is 0 Å². The summed E-state index contributed by atoms with van der Waals surface area (Å²) in [6, 6.07) is 11.1. The van der Waals surface area contributed by atoms with Crippen LogP contribution in [0.25, 0.3) is 0 Å².